The van der Waals surface area contributed by atoms with Crippen molar-refractivity contribution in [1.29, 1.82) is 0 Å². The molecule has 1 amide bonds. The second kappa shape index (κ2) is 8.14. The van der Waals surface area contributed by atoms with Gasteiger partial charge in [0.15, 0.2) is 23.0 Å². The molecule has 0 fully saturated rings. The summed E-state index contributed by atoms with van der Waals surface area (Å²) in [4.78, 5) is 21.7. The van der Waals surface area contributed by atoms with Crippen LogP contribution in [0.4, 0.5) is 5.82 Å². The highest BCUT2D eigenvalue weighted by molar-refractivity contribution is 6.10. The molecule has 0 atom stereocenters. The number of furan rings is 1. The molecule has 4 heterocycles. The van der Waals surface area contributed by atoms with Crippen molar-refractivity contribution in [3.05, 3.63) is 65.2 Å². The van der Waals surface area contributed by atoms with Gasteiger partial charge in [0.2, 0.25) is 19.3 Å². The maximum atomic E-state index is 13.2. The average molecular weight is 460 g/mol. The van der Waals surface area contributed by atoms with Gasteiger partial charge in [-0.05, 0) is 42.3 Å². The quantitative estimate of drug-likeness (QED) is 0.446. The Morgan fingerprint density at radius 3 is 2.24 bits per heavy atom. The number of anilines is 1. The predicted molar refractivity (Wildman–Crippen MR) is 120 cm³/mol. The number of carbonyl (C=O) groups is 1. The van der Waals surface area contributed by atoms with E-state index in [1.54, 1.807) is 6.92 Å². The first-order chi connectivity index (χ1) is 16.7. The molecule has 0 unspecified atom stereocenters. The lowest BCUT2D eigenvalue weighted by atomic mass is 10.1. The van der Waals surface area contributed by atoms with Crippen molar-refractivity contribution in [3.8, 4) is 23.0 Å². The molecule has 2 aromatic carbocycles. The molecule has 0 saturated heterocycles. The number of ether oxygens (including phenoxy) is 4. The van der Waals surface area contributed by atoms with E-state index in [-0.39, 0.29) is 19.5 Å². The zero-order chi connectivity index (χ0) is 23.1. The van der Waals surface area contributed by atoms with Crippen LogP contribution in [0.1, 0.15) is 27.2 Å². The Balaban J connectivity index is 1.23. The highest BCUT2D eigenvalue weighted by atomic mass is 16.7. The van der Waals surface area contributed by atoms with E-state index in [9.17, 15) is 4.79 Å². The molecule has 0 saturated carbocycles. The van der Waals surface area contributed by atoms with E-state index in [0.717, 1.165) is 16.9 Å². The zero-order valence-corrected chi connectivity index (χ0v) is 18.2. The number of nitrogens with zero attached hydrogens (tertiary/aromatic N) is 2. The van der Waals surface area contributed by atoms with Crippen LogP contribution in [0.2, 0.25) is 0 Å². The molecule has 34 heavy (non-hydrogen) atoms. The molecule has 172 valence electrons. The third-order valence-electron chi connectivity index (χ3n) is 5.68. The van der Waals surface area contributed by atoms with Gasteiger partial charge in [-0.3, -0.25) is 4.79 Å². The molecule has 0 aliphatic carbocycles. The largest absolute Gasteiger partial charge is 0.454 e. The molecule has 0 radical (unpaired) electrons. The Hall–Kier alpha value is -4.47. The summed E-state index contributed by atoms with van der Waals surface area (Å²) in [6.07, 6.45) is 1.40. The van der Waals surface area contributed by atoms with Crippen molar-refractivity contribution in [2.45, 2.75) is 20.0 Å². The number of aromatic nitrogens is 2. The summed E-state index contributed by atoms with van der Waals surface area (Å²) in [5, 5.41) is 6.76. The van der Waals surface area contributed by atoms with Crippen molar-refractivity contribution >= 4 is 22.8 Å². The van der Waals surface area contributed by atoms with E-state index in [4.69, 9.17) is 23.4 Å². The first-order valence-corrected chi connectivity index (χ1v) is 10.7. The fourth-order valence-electron chi connectivity index (χ4n) is 4.01. The Bertz CT molecular complexity index is 1420. The van der Waals surface area contributed by atoms with Crippen molar-refractivity contribution < 1.29 is 28.2 Å². The fourth-order valence-corrected chi connectivity index (χ4v) is 4.01. The van der Waals surface area contributed by atoms with Gasteiger partial charge in [-0.15, -0.1) is 0 Å². The van der Waals surface area contributed by atoms with Crippen LogP contribution < -0.4 is 29.6 Å². The number of benzene rings is 2. The van der Waals surface area contributed by atoms with Crippen LogP contribution in [0.3, 0.4) is 0 Å². The Labute approximate surface area is 193 Å². The minimum absolute atomic E-state index is 0.202. The molecular formula is C24H20N4O6. The van der Waals surface area contributed by atoms with Gasteiger partial charge in [0.05, 0.1) is 10.9 Å². The smallest absolute Gasteiger partial charge is 0.255 e. The van der Waals surface area contributed by atoms with Crippen LogP contribution in [-0.2, 0) is 13.1 Å². The van der Waals surface area contributed by atoms with E-state index in [2.05, 4.69) is 20.6 Å². The third kappa shape index (κ3) is 3.58. The summed E-state index contributed by atoms with van der Waals surface area (Å²) >= 11 is 0. The number of hydrogen-bond acceptors (Lipinski definition) is 9. The van der Waals surface area contributed by atoms with Gasteiger partial charge in [0.25, 0.3) is 5.91 Å². The highest BCUT2D eigenvalue weighted by Gasteiger charge is 2.23. The number of fused-ring (bicyclic) bond motifs is 3. The van der Waals surface area contributed by atoms with Crippen LogP contribution in [0, 0.1) is 6.92 Å². The first kappa shape index (κ1) is 20.2. The maximum absolute atomic E-state index is 13.2. The molecule has 2 aliphatic heterocycles. The Kier molecular flexibility index (Phi) is 4.83. The van der Waals surface area contributed by atoms with E-state index in [0.29, 0.717) is 58.6 Å². The van der Waals surface area contributed by atoms with Crippen LogP contribution in [0.25, 0.3) is 11.1 Å². The van der Waals surface area contributed by atoms with E-state index >= 15 is 0 Å². The van der Waals surface area contributed by atoms with Gasteiger partial charge in [-0.25, -0.2) is 9.97 Å². The molecule has 2 aromatic heterocycles. The Morgan fingerprint density at radius 2 is 1.53 bits per heavy atom. The number of hydrogen-bond donors (Lipinski definition) is 2. The van der Waals surface area contributed by atoms with E-state index in [1.165, 1.54) is 6.33 Å². The second-order valence-corrected chi connectivity index (χ2v) is 7.85. The van der Waals surface area contributed by atoms with Crippen molar-refractivity contribution in [2.75, 3.05) is 18.9 Å². The van der Waals surface area contributed by atoms with Crippen molar-refractivity contribution in [1.82, 2.24) is 15.3 Å². The normalized spacial score (nSPS) is 13.3. The fraction of sp³-hybridized carbons (Fsp3) is 0.208. The van der Waals surface area contributed by atoms with E-state index in [1.807, 2.05) is 36.4 Å². The van der Waals surface area contributed by atoms with Gasteiger partial charge < -0.3 is 34.0 Å². The summed E-state index contributed by atoms with van der Waals surface area (Å²) in [6.45, 7) is 2.93. The zero-order valence-electron chi connectivity index (χ0n) is 18.2. The number of rotatable bonds is 6. The lowest BCUT2D eigenvalue weighted by Crippen LogP contribution is -2.23. The molecule has 0 spiro atoms. The summed E-state index contributed by atoms with van der Waals surface area (Å²) in [6, 6.07) is 11.3. The molecule has 10 nitrogen and oxygen atoms in total. The highest BCUT2D eigenvalue weighted by Crippen LogP contribution is 2.34. The third-order valence-corrected chi connectivity index (χ3v) is 5.68. The molecule has 10 heteroatoms. The molecule has 6 rings (SSSR count). The molecule has 0 bridgehead atoms. The lowest BCUT2D eigenvalue weighted by Gasteiger charge is -2.09. The van der Waals surface area contributed by atoms with Crippen LogP contribution in [-0.4, -0.2) is 29.5 Å². The summed E-state index contributed by atoms with van der Waals surface area (Å²) < 4.78 is 27.3. The molecule has 2 N–H and O–H groups in total. The van der Waals surface area contributed by atoms with Crippen LogP contribution >= 0.6 is 0 Å². The second-order valence-electron chi connectivity index (χ2n) is 7.85. The SMILES string of the molecule is Cc1oc2ncnc(NCc3ccc4c(c3)OCO4)c2c1C(=O)NCc1ccc2c(c1)OCO2. The summed E-state index contributed by atoms with van der Waals surface area (Å²) in [5.41, 5.74) is 2.60. The maximum Gasteiger partial charge on any atom is 0.255 e. The number of amides is 1. The van der Waals surface area contributed by atoms with E-state index < -0.39 is 0 Å². The van der Waals surface area contributed by atoms with Crippen LogP contribution in [0.15, 0.2) is 47.1 Å². The Morgan fingerprint density at radius 1 is 0.882 bits per heavy atom. The standard InChI is InChI=1S/C24H20N4O6/c1-13-20(23(29)26-9-15-3-5-17-19(7-15)33-12-31-17)21-22(27-10-28-24(21)34-13)25-8-14-2-4-16-18(6-14)32-11-30-16/h2-7,10H,8-9,11-12H2,1H3,(H,26,29)(H,25,27,28). The van der Waals surface area contributed by atoms with Crippen LogP contribution in [0.5, 0.6) is 23.0 Å². The topological polar surface area (TPSA) is 117 Å². The molecule has 4 aromatic rings. The molecule has 2 aliphatic rings. The average Bonchev–Trinajstić information content (AvgIpc) is 3.58. The van der Waals surface area contributed by atoms with Gasteiger partial charge in [0.1, 0.15) is 17.9 Å². The number of nitrogens with one attached hydrogen (secondary N) is 2. The van der Waals surface area contributed by atoms with Gasteiger partial charge in [-0.1, -0.05) is 12.1 Å². The lowest BCUT2D eigenvalue weighted by molar-refractivity contribution is 0.0950. The number of carbonyl (C=O) groups excluding carboxylic acids is 1. The van der Waals surface area contributed by atoms with Gasteiger partial charge >= 0.3 is 0 Å². The molecular weight excluding hydrogens is 440 g/mol. The van der Waals surface area contributed by atoms with Gasteiger partial charge in [-0.2, -0.15) is 0 Å². The summed E-state index contributed by atoms with van der Waals surface area (Å²) in [5.74, 6) is 3.48. The summed E-state index contributed by atoms with van der Waals surface area (Å²) in [7, 11) is 0. The van der Waals surface area contributed by atoms with Crippen molar-refractivity contribution in [3.63, 3.8) is 0 Å². The predicted octanol–water partition coefficient (Wildman–Crippen LogP) is 3.53. The van der Waals surface area contributed by atoms with Gasteiger partial charge in [0, 0.05) is 13.1 Å². The minimum Gasteiger partial charge on any atom is -0.454 e. The van der Waals surface area contributed by atoms with Crippen molar-refractivity contribution in [2.24, 2.45) is 0 Å². The monoisotopic (exact) mass is 460 g/mol. The first-order valence-electron chi connectivity index (χ1n) is 10.7. The number of aryl methyl sites for hydroxylation is 1. The minimum atomic E-state index is -0.283.